The lowest BCUT2D eigenvalue weighted by molar-refractivity contribution is 0.0994. The molecule has 0 amide bonds. The number of rotatable bonds is 8. The number of benzene rings is 2. The van der Waals surface area contributed by atoms with E-state index in [1.165, 1.54) is 11.8 Å². The summed E-state index contributed by atoms with van der Waals surface area (Å²) in [7, 11) is -3.36. The van der Waals surface area contributed by atoms with E-state index in [9.17, 15) is 13.2 Å². The minimum atomic E-state index is -3.36. The molecule has 2 heterocycles. The number of hydrogen-bond donors (Lipinski definition) is 2. The van der Waals surface area contributed by atoms with Crippen LogP contribution in [-0.2, 0) is 10.0 Å². The highest BCUT2D eigenvalue weighted by atomic mass is 32.2. The summed E-state index contributed by atoms with van der Waals surface area (Å²) in [5.41, 5.74) is 2.99. The summed E-state index contributed by atoms with van der Waals surface area (Å²) in [6.07, 6.45) is 5.18. The van der Waals surface area contributed by atoms with Gasteiger partial charge < -0.3 is 4.98 Å². The van der Waals surface area contributed by atoms with Crippen molar-refractivity contribution in [2.75, 3.05) is 11.0 Å². The molecule has 5 rings (SSSR count). The van der Waals surface area contributed by atoms with Crippen LogP contribution in [0.2, 0.25) is 0 Å². The number of ketones is 1. The van der Waals surface area contributed by atoms with E-state index in [1.807, 2.05) is 31.3 Å². The zero-order chi connectivity index (χ0) is 23.2. The number of fused-ring (bicyclic) bond motifs is 1. The maximum absolute atomic E-state index is 13.0. The Kier molecular flexibility index (Phi) is 5.49. The Balaban J connectivity index is 1.39. The van der Waals surface area contributed by atoms with Gasteiger partial charge in [0.1, 0.15) is 0 Å². The fourth-order valence-corrected chi connectivity index (χ4v) is 5.38. The van der Waals surface area contributed by atoms with E-state index in [2.05, 4.69) is 30.5 Å². The average Bonchev–Trinajstić information content (AvgIpc) is 3.40. The van der Waals surface area contributed by atoms with Gasteiger partial charge in [-0.15, -0.1) is 10.2 Å². The lowest BCUT2D eigenvalue weighted by Crippen LogP contribution is -2.15. The standard InChI is InChI=1S/C23H23N5O3S2/c1-14(21(29)15-7-9-16(10-8-15)27-33(2,30)31)32-23-26-25-22(28(23)17-11-12-17)19-13-24-20-6-4-3-5-18(19)20/h3-10,13-14,17,24,27H,11-12H2,1-2H3. The SMILES string of the molecule is CC(Sc1nnc(-c2c[nH]c3ccccc23)n1C1CC1)C(=O)c1ccc(NS(C)(=O)=O)cc1. The molecule has 0 aliphatic heterocycles. The molecule has 0 saturated heterocycles. The molecule has 0 bridgehead atoms. The van der Waals surface area contributed by atoms with E-state index in [0.717, 1.165) is 46.5 Å². The van der Waals surface area contributed by atoms with Crippen molar-refractivity contribution in [1.29, 1.82) is 0 Å². The molecule has 1 saturated carbocycles. The minimum Gasteiger partial charge on any atom is -0.360 e. The summed E-state index contributed by atoms with van der Waals surface area (Å²) in [6, 6.07) is 14.9. The highest BCUT2D eigenvalue weighted by Crippen LogP contribution is 2.43. The van der Waals surface area contributed by atoms with Crippen molar-refractivity contribution in [2.45, 2.75) is 36.2 Å². The predicted octanol–water partition coefficient (Wildman–Crippen LogP) is 4.50. The third-order valence-corrected chi connectivity index (χ3v) is 7.19. The van der Waals surface area contributed by atoms with Crippen molar-refractivity contribution in [3.05, 3.63) is 60.3 Å². The third kappa shape index (κ3) is 4.53. The van der Waals surface area contributed by atoms with Gasteiger partial charge in [0.2, 0.25) is 10.0 Å². The zero-order valence-electron chi connectivity index (χ0n) is 18.1. The first-order valence-electron chi connectivity index (χ1n) is 10.6. The van der Waals surface area contributed by atoms with Gasteiger partial charge in [-0.1, -0.05) is 30.0 Å². The van der Waals surface area contributed by atoms with E-state index in [0.29, 0.717) is 17.3 Å². The molecule has 33 heavy (non-hydrogen) atoms. The number of aromatic amines is 1. The summed E-state index contributed by atoms with van der Waals surface area (Å²) >= 11 is 1.40. The first kappa shape index (κ1) is 21.7. The van der Waals surface area contributed by atoms with Gasteiger partial charge in [-0.3, -0.25) is 14.1 Å². The van der Waals surface area contributed by atoms with Crippen LogP contribution in [0, 0.1) is 0 Å². The molecule has 1 aliphatic rings. The van der Waals surface area contributed by atoms with Crippen molar-refractivity contribution in [3.63, 3.8) is 0 Å². The number of H-pyrrole nitrogens is 1. The normalized spacial score (nSPS) is 15.0. The predicted molar refractivity (Wildman–Crippen MR) is 130 cm³/mol. The molecule has 2 N–H and O–H groups in total. The van der Waals surface area contributed by atoms with Crippen molar-refractivity contribution >= 4 is 44.2 Å². The summed E-state index contributed by atoms with van der Waals surface area (Å²) in [6.45, 7) is 1.85. The lowest BCUT2D eigenvalue weighted by Gasteiger charge is -2.13. The molecule has 0 spiro atoms. The van der Waals surface area contributed by atoms with Crippen LogP contribution in [-0.4, -0.2) is 45.5 Å². The molecule has 1 atom stereocenters. The quantitative estimate of drug-likeness (QED) is 0.283. The zero-order valence-corrected chi connectivity index (χ0v) is 19.8. The number of aromatic nitrogens is 4. The maximum atomic E-state index is 13.0. The second kappa shape index (κ2) is 8.35. The third-order valence-electron chi connectivity index (χ3n) is 5.53. The highest BCUT2D eigenvalue weighted by molar-refractivity contribution is 8.00. The van der Waals surface area contributed by atoms with Crippen LogP contribution in [0.4, 0.5) is 5.69 Å². The van der Waals surface area contributed by atoms with Crippen LogP contribution >= 0.6 is 11.8 Å². The number of thioether (sulfide) groups is 1. The van der Waals surface area contributed by atoms with Crippen molar-refractivity contribution < 1.29 is 13.2 Å². The molecule has 4 aromatic rings. The molecule has 0 radical (unpaired) electrons. The Bertz CT molecular complexity index is 1440. The van der Waals surface area contributed by atoms with Gasteiger partial charge in [-0.2, -0.15) is 0 Å². The molecule has 1 aliphatic carbocycles. The van der Waals surface area contributed by atoms with Crippen LogP contribution in [0.5, 0.6) is 0 Å². The Morgan fingerprint density at radius 1 is 1.15 bits per heavy atom. The number of nitrogens with zero attached hydrogens (tertiary/aromatic N) is 3. The minimum absolute atomic E-state index is 0.0510. The van der Waals surface area contributed by atoms with E-state index < -0.39 is 10.0 Å². The summed E-state index contributed by atoms with van der Waals surface area (Å²) in [5, 5.41) is 10.4. The highest BCUT2D eigenvalue weighted by Gasteiger charge is 2.32. The average molecular weight is 482 g/mol. The van der Waals surface area contributed by atoms with Gasteiger partial charge in [0.05, 0.1) is 11.5 Å². The number of carbonyl (C=O) groups is 1. The van der Waals surface area contributed by atoms with Crippen molar-refractivity contribution in [3.8, 4) is 11.4 Å². The smallest absolute Gasteiger partial charge is 0.229 e. The van der Waals surface area contributed by atoms with Crippen LogP contribution in [0.25, 0.3) is 22.3 Å². The largest absolute Gasteiger partial charge is 0.360 e. The molecule has 8 nitrogen and oxygen atoms in total. The second-order valence-electron chi connectivity index (χ2n) is 8.23. The second-order valence-corrected chi connectivity index (χ2v) is 11.3. The molecule has 1 unspecified atom stereocenters. The van der Waals surface area contributed by atoms with Gasteiger partial charge in [-0.25, -0.2) is 8.42 Å². The van der Waals surface area contributed by atoms with E-state index in [-0.39, 0.29) is 11.0 Å². The van der Waals surface area contributed by atoms with Crippen LogP contribution in [0.15, 0.2) is 59.9 Å². The van der Waals surface area contributed by atoms with Gasteiger partial charge in [0.25, 0.3) is 0 Å². The topological polar surface area (TPSA) is 110 Å². The Labute approximate surface area is 195 Å². The van der Waals surface area contributed by atoms with Gasteiger partial charge in [0.15, 0.2) is 16.8 Å². The fraction of sp³-hybridized carbons (Fsp3) is 0.261. The van der Waals surface area contributed by atoms with E-state index in [4.69, 9.17) is 0 Å². The Hall–Kier alpha value is -3.11. The van der Waals surface area contributed by atoms with Gasteiger partial charge in [-0.05, 0) is 50.1 Å². The maximum Gasteiger partial charge on any atom is 0.229 e. The number of para-hydroxylation sites is 1. The number of Topliss-reactive ketones (excluding diaryl/α,β-unsaturated/α-hetero) is 1. The first-order valence-corrected chi connectivity index (χ1v) is 13.4. The Morgan fingerprint density at radius 2 is 1.88 bits per heavy atom. The van der Waals surface area contributed by atoms with E-state index >= 15 is 0 Å². The molecule has 2 aromatic carbocycles. The van der Waals surface area contributed by atoms with Crippen LogP contribution in [0.1, 0.15) is 36.2 Å². The van der Waals surface area contributed by atoms with Gasteiger partial charge >= 0.3 is 0 Å². The summed E-state index contributed by atoms with van der Waals surface area (Å²) < 4.78 is 27.3. The number of nitrogens with one attached hydrogen (secondary N) is 2. The Morgan fingerprint density at radius 3 is 2.58 bits per heavy atom. The molecule has 10 heteroatoms. The molecule has 170 valence electrons. The van der Waals surface area contributed by atoms with Crippen LogP contribution in [0.3, 0.4) is 0 Å². The number of hydrogen-bond acceptors (Lipinski definition) is 6. The molecular weight excluding hydrogens is 458 g/mol. The number of sulfonamides is 1. The van der Waals surface area contributed by atoms with Crippen LogP contribution < -0.4 is 4.72 Å². The monoisotopic (exact) mass is 481 g/mol. The van der Waals surface area contributed by atoms with Crippen molar-refractivity contribution in [2.24, 2.45) is 0 Å². The first-order chi connectivity index (χ1) is 15.8. The number of carbonyl (C=O) groups excluding carboxylic acids is 1. The molecular formula is C23H23N5O3S2. The summed E-state index contributed by atoms with van der Waals surface area (Å²) in [5.74, 6) is 0.762. The molecule has 1 fully saturated rings. The van der Waals surface area contributed by atoms with E-state index in [1.54, 1.807) is 24.3 Å². The summed E-state index contributed by atoms with van der Waals surface area (Å²) in [4.78, 5) is 16.3. The number of anilines is 1. The van der Waals surface area contributed by atoms with Crippen molar-refractivity contribution in [1.82, 2.24) is 19.7 Å². The fourth-order valence-electron chi connectivity index (χ4n) is 3.82. The lowest BCUT2D eigenvalue weighted by atomic mass is 10.1. The van der Waals surface area contributed by atoms with Gasteiger partial charge in [0, 0.05) is 40.0 Å². The molecule has 2 aromatic heterocycles.